The van der Waals surface area contributed by atoms with Crippen molar-refractivity contribution in [2.75, 3.05) is 17.6 Å². The molecule has 0 heterocycles. The number of sulfonamides is 1. The fourth-order valence-corrected chi connectivity index (χ4v) is 1.90. The number of carbonyl (C=O) groups excluding carboxylic acids is 1. The van der Waals surface area contributed by atoms with Gasteiger partial charge in [-0.1, -0.05) is 12.1 Å². The SMILES string of the molecule is COC(=O)c1ccccc1NS(=O)(=O)CC#N. The van der Waals surface area contributed by atoms with Crippen molar-refractivity contribution in [3.8, 4) is 6.07 Å². The van der Waals surface area contributed by atoms with E-state index in [1.54, 1.807) is 12.1 Å². The second-order valence-corrected chi connectivity index (χ2v) is 4.78. The zero-order valence-corrected chi connectivity index (χ0v) is 9.82. The summed E-state index contributed by atoms with van der Waals surface area (Å²) in [5.74, 6) is -1.33. The van der Waals surface area contributed by atoms with Gasteiger partial charge in [0.25, 0.3) is 0 Å². The second-order valence-electron chi connectivity index (χ2n) is 3.06. The number of methoxy groups -OCH3 is 1. The lowest BCUT2D eigenvalue weighted by molar-refractivity contribution is 0.0602. The Morgan fingerprint density at radius 1 is 1.47 bits per heavy atom. The van der Waals surface area contributed by atoms with Gasteiger partial charge in [0, 0.05) is 0 Å². The summed E-state index contributed by atoms with van der Waals surface area (Å²) in [5, 5.41) is 8.34. The quantitative estimate of drug-likeness (QED) is 0.799. The van der Waals surface area contributed by atoms with Crippen LogP contribution in [0.1, 0.15) is 10.4 Å². The molecule has 1 aromatic rings. The molecule has 6 nitrogen and oxygen atoms in total. The molecule has 0 saturated carbocycles. The number of ether oxygens (including phenoxy) is 1. The lowest BCUT2D eigenvalue weighted by Crippen LogP contribution is -2.18. The smallest absolute Gasteiger partial charge is 0.339 e. The highest BCUT2D eigenvalue weighted by molar-refractivity contribution is 7.92. The van der Waals surface area contributed by atoms with Crippen molar-refractivity contribution >= 4 is 21.7 Å². The first kappa shape index (κ1) is 13.0. The minimum Gasteiger partial charge on any atom is -0.465 e. The van der Waals surface area contributed by atoms with Gasteiger partial charge in [-0.2, -0.15) is 5.26 Å². The van der Waals surface area contributed by atoms with E-state index in [1.165, 1.54) is 25.3 Å². The van der Waals surface area contributed by atoms with E-state index in [2.05, 4.69) is 9.46 Å². The Morgan fingerprint density at radius 3 is 2.71 bits per heavy atom. The molecule has 0 amide bonds. The molecule has 0 atom stereocenters. The van der Waals surface area contributed by atoms with Gasteiger partial charge in [-0.3, -0.25) is 4.72 Å². The summed E-state index contributed by atoms with van der Waals surface area (Å²) < 4.78 is 29.4. The van der Waals surface area contributed by atoms with Gasteiger partial charge >= 0.3 is 5.97 Å². The van der Waals surface area contributed by atoms with Gasteiger partial charge in [-0.15, -0.1) is 0 Å². The number of benzene rings is 1. The topological polar surface area (TPSA) is 96.3 Å². The minimum atomic E-state index is -3.77. The van der Waals surface area contributed by atoms with Gasteiger partial charge in [-0.25, -0.2) is 13.2 Å². The predicted molar refractivity (Wildman–Crippen MR) is 60.8 cm³/mol. The van der Waals surface area contributed by atoms with Crippen LogP contribution in [0.5, 0.6) is 0 Å². The molecule has 1 rings (SSSR count). The Balaban J connectivity index is 3.08. The lowest BCUT2D eigenvalue weighted by Gasteiger charge is -2.09. The Morgan fingerprint density at radius 2 is 2.12 bits per heavy atom. The summed E-state index contributed by atoms with van der Waals surface area (Å²) in [5.41, 5.74) is 0.186. The molecule has 0 aromatic heterocycles. The number of hydrogen-bond donors (Lipinski definition) is 1. The van der Waals surface area contributed by atoms with Crippen molar-refractivity contribution in [3.63, 3.8) is 0 Å². The summed E-state index contributed by atoms with van der Waals surface area (Å²) in [7, 11) is -2.57. The molecule has 0 aliphatic heterocycles. The van der Waals surface area contributed by atoms with Gasteiger partial charge in [0.1, 0.15) is 0 Å². The molecule has 0 bridgehead atoms. The van der Waals surface area contributed by atoms with Gasteiger partial charge < -0.3 is 4.74 Å². The van der Waals surface area contributed by atoms with Crippen molar-refractivity contribution in [3.05, 3.63) is 29.8 Å². The molecule has 0 aliphatic rings. The third-order valence-corrected chi connectivity index (χ3v) is 2.89. The van der Waals surface area contributed by atoms with E-state index in [0.29, 0.717) is 0 Å². The molecule has 0 fully saturated rings. The Bertz CT molecular complexity index is 560. The van der Waals surface area contributed by atoms with Gasteiger partial charge in [0.15, 0.2) is 5.75 Å². The van der Waals surface area contributed by atoms with E-state index in [0.717, 1.165) is 0 Å². The molecule has 17 heavy (non-hydrogen) atoms. The standard InChI is InChI=1S/C10H10N2O4S/c1-16-10(13)8-4-2-3-5-9(8)12-17(14,15)7-6-11/h2-5,12H,7H2,1H3. The molecule has 0 unspecified atom stereocenters. The molecular weight excluding hydrogens is 244 g/mol. The van der Waals surface area contributed by atoms with Crippen LogP contribution in [0.4, 0.5) is 5.69 Å². The highest BCUT2D eigenvalue weighted by Gasteiger charge is 2.16. The molecular formula is C10H10N2O4S. The Kier molecular flexibility index (Phi) is 4.06. The van der Waals surface area contributed by atoms with E-state index in [4.69, 9.17) is 5.26 Å². The van der Waals surface area contributed by atoms with Crippen LogP contribution < -0.4 is 4.72 Å². The molecule has 7 heteroatoms. The summed E-state index contributed by atoms with van der Waals surface area (Å²) in [6.45, 7) is 0. The molecule has 0 saturated heterocycles. The van der Waals surface area contributed by atoms with Crippen LogP contribution in [-0.4, -0.2) is 27.2 Å². The summed E-state index contributed by atoms with van der Waals surface area (Å²) >= 11 is 0. The maximum Gasteiger partial charge on any atom is 0.339 e. The summed E-state index contributed by atoms with van der Waals surface area (Å²) in [6.07, 6.45) is 0. The number of nitrogens with one attached hydrogen (secondary N) is 1. The van der Waals surface area contributed by atoms with Crippen LogP contribution in [0.15, 0.2) is 24.3 Å². The van der Waals surface area contributed by atoms with Gasteiger partial charge in [0.05, 0.1) is 24.4 Å². The predicted octanol–water partition coefficient (Wildman–Crippen LogP) is 0.738. The number of nitriles is 1. The number of carbonyl (C=O) groups is 1. The molecule has 0 aliphatic carbocycles. The van der Waals surface area contributed by atoms with E-state index < -0.39 is 21.7 Å². The summed E-state index contributed by atoms with van der Waals surface area (Å²) in [6, 6.07) is 7.51. The fourth-order valence-electron chi connectivity index (χ4n) is 1.15. The van der Waals surface area contributed by atoms with Crippen LogP contribution in [0.3, 0.4) is 0 Å². The largest absolute Gasteiger partial charge is 0.465 e. The van der Waals surface area contributed by atoms with Crippen molar-refractivity contribution in [2.45, 2.75) is 0 Å². The van der Waals surface area contributed by atoms with E-state index in [1.807, 2.05) is 0 Å². The van der Waals surface area contributed by atoms with Gasteiger partial charge in [-0.05, 0) is 12.1 Å². The van der Waals surface area contributed by atoms with Crippen LogP contribution in [0.25, 0.3) is 0 Å². The number of para-hydroxylation sites is 1. The molecule has 0 spiro atoms. The Labute approximate surface area is 98.9 Å². The van der Waals surface area contributed by atoms with Crippen molar-refractivity contribution < 1.29 is 17.9 Å². The third-order valence-electron chi connectivity index (χ3n) is 1.85. The number of anilines is 1. The molecule has 1 N–H and O–H groups in total. The number of nitrogens with zero attached hydrogens (tertiary/aromatic N) is 1. The van der Waals surface area contributed by atoms with Gasteiger partial charge in [0.2, 0.25) is 10.0 Å². The number of esters is 1. The fraction of sp³-hybridized carbons (Fsp3) is 0.200. The number of rotatable bonds is 4. The van der Waals surface area contributed by atoms with Crippen LogP contribution in [-0.2, 0) is 14.8 Å². The molecule has 90 valence electrons. The van der Waals surface area contributed by atoms with Crippen molar-refractivity contribution in [1.82, 2.24) is 0 Å². The average Bonchev–Trinajstić information content (AvgIpc) is 2.28. The monoisotopic (exact) mass is 254 g/mol. The normalized spacial score (nSPS) is 10.4. The van der Waals surface area contributed by atoms with Crippen LogP contribution in [0, 0.1) is 11.3 Å². The first-order chi connectivity index (χ1) is 8.00. The Hall–Kier alpha value is -2.07. The van der Waals surface area contributed by atoms with Crippen molar-refractivity contribution in [2.24, 2.45) is 0 Å². The third kappa shape index (κ3) is 3.46. The van der Waals surface area contributed by atoms with E-state index >= 15 is 0 Å². The summed E-state index contributed by atoms with van der Waals surface area (Å²) in [4.78, 5) is 11.4. The van der Waals surface area contributed by atoms with E-state index in [9.17, 15) is 13.2 Å². The van der Waals surface area contributed by atoms with Crippen LogP contribution in [0.2, 0.25) is 0 Å². The number of hydrogen-bond acceptors (Lipinski definition) is 5. The zero-order chi connectivity index (χ0) is 12.9. The molecule has 0 radical (unpaired) electrons. The highest BCUT2D eigenvalue weighted by atomic mass is 32.2. The zero-order valence-electron chi connectivity index (χ0n) is 9.00. The average molecular weight is 254 g/mol. The van der Waals surface area contributed by atoms with Crippen molar-refractivity contribution in [1.29, 1.82) is 5.26 Å². The maximum absolute atomic E-state index is 11.4. The lowest BCUT2D eigenvalue weighted by atomic mass is 10.2. The molecule has 1 aromatic carbocycles. The minimum absolute atomic E-state index is 0.0922. The highest BCUT2D eigenvalue weighted by Crippen LogP contribution is 2.17. The van der Waals surface area contributed by atoms with E-state index in [-0.39, 0.29) is 11.3 Å². The first-order valence-corrected chi connectivity index (χ1v) is 6.20. The second kappa shape index (κ2) is 5.32. The maximum atomic E-state index is 11.4. The van der Waals surface area contributed by atoms with Crippen LogP contribution >= 0.6 is 0 Å². The first-order valence-electron chi connectivity index (χ1n) is 4.55.